The first kappa shape index (κ1) is 19.4. The maximum absolute atomic E-state index is 14.4. The molecular weight excluding hydrogens is 342 g/mol. The standard InChI is InChI=1S/C15H17FN4O.2ClH/c1-20-9-10(7-18-20)6-14(21)19-13-3-2-11-8-17-5-4-12(11)15(13)16;;/h2-3,7,9,17H,4-6,8H2,1H3,(H,19,21);2*1H. The highest BCUT2D eigenvalue weighted by Gasteiger charge is 2.17. The Kier molecular flexibility index (Phi) is 7.00. The molecule has 0 saturated heterocycles. The third kappa shape index (κ3) is 4.43. The van der Waals surface area contributed by atoms with E-state index in [1.165, 1.54) is 0 Å². The van der Waals surface area contributed by atoms with Crippen LogP contribution in [0.1, 0.15) is 16.7 Å². The second-order valence-corrected chi connectivity index (χ2v) is 5.24. The Bertz CT molecular complexity index is 690. The number of nitrogens with zero attached hydrogens (tertiary/aromatic N) is 2. The first-order chi connectivity index (χ1) is 10.1. The number of nitrogens with one attached hydrogen (secondary N) is 2. The van der Waals surface area contributed by atoms with Crippen molar-refractivity contribution < 1.29 is 9.18 Å². The minimum atomic E-state index is -0.312. The summed E-state index contributed by atoms with van der Waals surface area (Å²) in [6, 6.07) is 3.49. The maximum atomic E-state index is 14.4. The summed E-state index contributed by atoms with van der Waals surface area (Å²) in [5.74, 6) is -0.552. The summed E-state index contributed by atoms with van der Waals surface area (Å²) in [6.07, 6.45) is 4.24. The Labute approximate surface area is 146 Å². The Morgan fingerprint density at radius 3 is 2.91 bits per heavy atom. The highest BCUT2D eigenvalue weighted by molar-refractivity contribution is 5.92. The van der Waals surface area contributed by atoms with E-state index in [2.05, 4.69) is 15.7 Å². The fourth-order valence-electron chi connectivity index (χ4n) is 2.57. The first-order valence-corrected chi connectivity index (χ1v) is 6.92. The minimum absolute atomic E-state index is 0. The van der Waals surface area contributed by atoms with E-state index in [-0.39, 0.29) is 48.6 Å². The van der Waals surface area contributed by atoms with Gasteiger partial charge in [0.25, 0.3) is 0 Å². The number of carbonyl (C=O) groups excluding carboxylic acids is 1. The summed E-state index contributed by atoms with van der Waals surface area (Å²) in [6.45, 7) is 1.44. The monoisotopic (exact) mass is 360 g/mol. The molecule has 1 amide bonds. The summed E-state index contributed by atoms with van der Waals surface area (Å²) in [5.41, 5.74) is 2.72. The van der Waals surface area contributed by atoms with Crippen molar-refractivity contribution in [2.75, 3.05) is 11.9 Å². The van der Waals surface area contributed by atoms with Gasteiger partial charge in [-0.25, -0.2) is 4.39 Å². The normalized spacial score (nSPS) is 12.6. The van der Waals surface area contributed by atoms with Gasteiger partial charge in [0.05, 0.1) is 18.3 Å². The molecule has 126 valence electrons. The van der Waals surface area contributed by atoms with Crippen molar-refractivity contribution in [2.45, 2.75) is 19.4 Å². The zero-order valence-electron chi connectivity index (χ0n) is 12.6. The van der Waals surface area contributed by atoms with E-state index >= 15 is 0 Å². The molecule has 1 aromatic heterocycles. The molecule has 0 fully saturated rings. The summed E-state index contributed by atoms with van der Waals surface area (Å²) in [5, 5.41) is 9.85. The molecule has 5 nitrogen and oxygen atoms in total. The van der Waals surface area contributed by atoms with Gasteiger partial charge >= 0.3 is 0 Å². The van der Waals surface area contributed by atoms with E-state index in [4.69, 9.17) is 0 Å². The molecule has 0 saturated carbocycles. The molecule has 1 aliphatic heterocycles. The lowest BCUT2D eigenvalue weighted by molar-refractivity contribution is -0.115. The summed E-state index contributed by atoms with van der Waals surface area (Å²) < 4.78 is 16.0. The number of aryl methyl sites for hydroxylation is 1. The van der Waals surface area contributed by atoms with Crippen molar-refractivity contribution in [3.63, 3.8) is 0 Å². The van der Waals surface area contributed by atoms with Crippen molar-refractivity contribution in [1.82, 2.24) is 15.1 Å². The van der Waals surface area contributed by atoms with Crippen LogP contribution in [0.25, 0.3) is 0 Å². The van der Waals surface area contributed by atoms with E-state index < -0.39 is 0 Å². The van der Waals surface area contributed by atoms with Gasteiger partial charge in [0.15, 0.2) is 0 Å². The van der Waals surface area contributed by atoms with E-state index in [0.29, 0.717) is 18.5 Å². The van der Waals surface area contributed by atoms with Gasteiger partial charge in [-0.15, -0.1) is 24.8 Å². The average Bonchev–Trinajstić information content (AvgIpc) is 2.87. The van der Waals surface area contributed by atoms with Crippen LogP contribution >= 0.6 is 24.8 Å². The van der Waals surface area contributed by atoms with Gasteiger partial charge in [0.1, 0.15) is 5.82 Å². The van der Waals surface area contributed by atoms with Crippen LogP contribution in [0.3, 0.4) is 0 Å². The summed E-state index contributed by atoms with van der Waals surface area (Å²) >= 11 is 0. The molecule has 0 unspecified atom stereocenters. The number of halogens is 3. The van der Waals surface area contributed by atoms with Gasteiger partial charge in [0.2, 0.25) is 5.91 Å². The molecule has 23 heavy (non-hydrogen) atoms. The number of rotatable bonds is 3. The van der Waals surface area contributed by atoms with Crippen LogP contribution in [0.2, 0.25) is 0 Å². The van der Waals surface area contributed by atoms with Gasteiger partial charge in [-0.1, -0.05) is 6.07 Å². The smallest absolute Gasteiger partial charge is 0.228 e. The van der Waals surface area contributed by atoms with Crippen molar-refractivity contribution >= 4 is 36.4 Å². The first-order valence-electron chi connectivity index (χ1n) is 6.92. The lowest BCUT2D eigenvalue weighted by Crippen LogP contribution is -2.25. The summed E-state index contributed by atoms with van der Waals surface area (Å²) in [4.78, 5) is 12.0. The van der Waals surface area contributed by atoms with Crippen LogP contribution in [-0.4, -0.2) is 22.2 Å². The number of hydrogen-bond donors (Lipinski definition) is 2. The molecule has 1 aromatic carbocycles. The van der Waals surface area contributed by atoms with Crippen molar-refractivity contribution in [3.8, 4) is 0 Å². The molecule has 0 bridgehead atoms. The molecule has 3 rings (SSSR count). The number of hydrogen-bond acceptors (Lipinski definition) is 3. The van der Waals surface area contributed by atoms with E-state index in [9.17, 15) is 9.18 Å². The lowest BCUT2D eigenvalue weighted by atomic mass is 9.99. The molecule has 2 heterocycles. The topological polar surface area (TPSA) is 59.0 Å². The predicted octanol–water partition coefficient (Wildman–Crippen LogP) is 2.23. The Balaban J connectivity index is 0.00000132. The highest BCUT2D eigenvalue weighted by Crippen LogP contribution is 2.24. The van der Waals surface area contributed by atoms with Crippen LogP contribution in [-0.2, 0) is 31.2 Å². The average molecular weight is 361 g/mol. The molecular formula is C15H19Cl2FN4O. The third-order valence-electron chi connectivity index (χ3n) is 3.60. The van der Waals surface area contributed by atoms with Crippen LogP contribution in [0.5, 0.6) is 0 Å². The molecule has 0 atom stereocenters. The zero-order valence-corrected chi connectivity index (χ0v) is 14.3. The van der Waals surface area contributed by atoms with E-state index in [1.54, 1.807) is 30.2 Å². The molecule has 0 spiro atoms. The quantitative estimate of drug-likeness (QED) is 0.882. The molecule has 0 aliphatic carbocycles. The van der Waals surface area contributed by atoms with Crippen LogP contribution in [0.4, 0.5) is 10.1 Å². The Hall–Kier alpha value is -1.63. The van der Waals surface area contributed by atoms with E-state index in [0.717, 1.165) is 17.7 Å². The van der Waals surface area contributed by atoms with Crippen molar-refractivity contribution in [1.29, 1.82) is 0 Å². The number of benzene rings is 1. The Morgan fingerprint density at radius 1 is 1.43 bits per heavy atom. The second-order valence-electron chi connectivity index (χ2n) is 5.24. The van der Waals surface area contributed by atoms with Crippen LogP contribution < -0.4 is 10.6 Å². The SMILES string of the molecule is Cl.Cl.Cn1cc(CC(=O)Nc2ccc3c(c2F)CCNC3)cn1. The molecule has 0 radical (unpaired) electrons. The van der Waals surface area contributed by atoms with Gasteiger partial charge in [-0.2, -0.15) is 5.10 Å². The fourth-order valence-corrected chi connectivity index (χ4v) is 2.57. The molecule has 8 heteroatoms. The third-order valence-corrected chi connectivity index (χ3v) is 3.60. The number of amides is 1. The van der Waals surface area contributed by atoms with Gasteiger partial charge < -0.3 is 10.6 Å². The van der Waals surface area contributed by atoms with Gasteiger partial charge in [-0.3, -0.25) is 9.48 Å². The summed E-state index contributed by atoms with van der Waals surface area (Å²) in [7, 11) is 1.79. The lowest BCUT2D eigenvalue weighted by Gasteiger charge is -2.19. The van der Waals surface area contributed by atoms with Gasteiger partial charge in [-0.05, 0) is 35.7 Å². The number of carbonyl (C=O) groups is 1. The predicted molar refractivity (Wildman–Crippen MR) is 91.8 cm³/mol. The molecule has 2 N–H and O–H groups in total. The number of anilines is 1. The maximum Gasteiger partial charge on any atom is 0.228 e. The number of fused-ring (bicyclic) bond motifs is 1. The van der Waals surface area contributed by atoms with Crippen molar-refractivity contribution in [2.24, 2.45) is 7.05 Å². The van der Waals surface area contributed by atoms with E-state index in [1.807, 2.05) is 6.07 Å². The fraction of sp³-hybridized carbons (Fsp3) is 0.333. The Morgan fingerprint density at radius 2 is 2.22 bits per heavy atom. The largest absolute Gasteiger partial charge is 0.323 e. The van der Waals surface area contributed by atoms with Crippen LogP contribution in [0.15, 0.2) is 24.5 Å². The van der Waals surface area contributed by atoms with Crippen molar-refractivity contribution in [3.05, 3.63) is 47.0 Å². The van der Waals surface area contributed by atoms with Crippen LogP contribution in [0, 0.1) is 5.82 Å². The number of aromatic nitrogens is 2. The molecule has 1 aliphatic rings. The highest BCUT2D eigenvalue weighted by atomic mass is 35.5. The zero-order chi connectivity index (χ0) is 14.8. The molecule has 2 aromatic rings. The van der Waals surface area contributed by atoms with Gasteiger partial charge in [0, 0.05) is 19.8 Å². The second kappa shape index (κ2) is 8.29. The minimum Gasteiger partial charge on any atom is -0.323 e.